The molecule has 0 saturated carbocycles. The Balaban J connectivity index is 2.42. The lowest BCUT2D eigenvalue weighted by Crippen LogP contribution is -2.13. The molecule has 1 aromatic heterocycles. The van der Waals surface area contributed by atoms with Gasteiger partial charge in [-0.3, -0.25) is 0 Å². The van der Waals surface area contributed by atoms with E-state index in [-0.39, 0.29) is 5.92 Å². The van der Waals surface area contributed by atoms with Gasteiger partial charge in [-0.1, -0.05) is 37.0 Å². The van der Waals surface area contributed by atoms with Crippen molar-refractivity contribution in [3.63, 3.8) is 0 Å². The number of anilines is 1. The number of nitrogens with one attached hydrogen (secondary N) is 1. The molecule has 0 spiro atoms. The van der Waals surface area contributed by atoms with Gasteiger partial charge in [-0.25, -0.2) is 10.8 Å². The van der Waals surface area contributed by atoms with E-state index in [1.54, 1.807) is 18.2 Å². The second-order valence-corrected chi connectivity index (χ2v) is 5.65. The van der Waals surface area contributed by atoms with E-state index in [2.05, 4.69) is 15.4 Å². The van der Waals surface area contributed by atoms with Gasteiger partial charge < -0.3 is 10.2 Å². The van der Waals surface area contributed by atoms with Crippen molar-refractivity contribution in [1.29, 1.82) is 0 Å². The van der Waals surface area contributed by atoms with Crippen LogP contribution in [0.4, 0.5) is 5.82 Å². The molecule has 7 heteroatoms. The van der Waals surface area contributed by atoms with Gasteiger partial charge in [-0.2, -0.15) is 4.98 Å². The lowest BCUT2D eigenvalue weighted by Gasteiger charge is -2.14. The van der Waals surface area contributed by atoms with Gasteiger partial charge in [0.15, 0.2) is 5.82 Å². The maximum absolute atomic E-state index is 5.98. The van der Waals surface area contributed by atoms with Crippen LogP contribution in [0.1, 0.15) is 31.2 Å². The Morgan fingerprint density at radius 1 is 1.19 bits per heavy atom. The molecule has 0 saturated heterocycles. The summed E-state index contributed by atoms with van der Waals surface area (Å²) in [5, 5.41) is 0.887. The van der Waals surface area contributed by atoms with Crippen molar-refractivity contribution in [2.45, 2.75) is 26.7 Å². The van der Waals surface area contributed by atoms with Gasteiger partial charge in [-0.05, 0) is 19.1 Å². The number of aromatic nitrogens is 2. The molecule has 1 heterocycles. The van der Waals surface area contributed by atoms with Crippen molar-refractivity contribution < 1.29 is 4.74 Å². The largest absolute Gasteiger partial charge is 0.438 e. The number of benzene rings is 1. The summed E-state index contributed by atoms with van der Waals surface area (Å²) in [5.41, 5.74) is 3.27. The van der Waals surface area contributed by atoms with Crippen LogP contribution in [0.2, 0.25) is 10.0 Å². The molecule has 0 amide bonds. The highest BCUT2D eigenvalue weighted by Crippen LogP contribution is 2.32. The van der Waals surface area contributed by atoms with Crippen molar-refractivity contribution in [2.24, 2.45) is 5.84 Å². The smallest absolute Gasteiger partial charge is 0.227 e. The van der Waals surface area contributed by atoms with Crippen LogP contribution in [-0.4, -0.2) is 9.97 Å². The van der Waals surface area contributed by atoms with Crippen molar-refractivity contribution in [2.75, 3.05) is 5.43 Å². The van der Waals surface area contributed by atoms with Gasteiger partial charge in [0.25, 0.3) is 0 Å². The summed E-state index contributed by atoms with van der Waals surface area (Å²) in [7, 11) is 0. The van der Waals surface area contributed by atoms with Crippen LogP contribution in [0.5, 0.6) is 11.6 Å². The molecule has 21 heavy (non-hydrogen) atoms. The normalized spacial score (nSPS) is 10.8. The van der Waals surface area contributed by atoms with Gasteiger partial charge >= 0.3 is 0 Å². The van der Waals surface area contributed by atoms with Gasteiger partial charge in [0, 0.05) is 12.0 Å². The summed E-state index contributed by atoms with van der Waals surface area (Å²) >= 11 is 11.9. The summed E-state index contributed by atoms with van der Waals surface area (Å²) in [6, 6.07) is 5.03. The third-order valence-corrected chi connectivity index (χ3v) is 3.62. The van der Waals surface area contributed by atoms with E-state index in [1.165, 1.54) is 0 Å². The zero-order chi connectivity index (χ0) is 15.6. The molecule has 2 aromatic rings. The minimum atomic E-state index is 0.147. The third-order valence-electron chi connectivity index (χ3n) is 2.88. The molecule has 112 valence electrons. The molecule has 3 N–H and O–H groups in total. The zero-order valence-corrected chi connectivity index (χ0v) is 13.5. The molecule has 0 radical (unpaired) electrons. The van der Waals surface area contributed by atoms with E-state index in [0.717, 1.165) is 0 Å². The number of rotatable bonds is 4. The molecular weight excluding hydrogens is 311 g/mol. The zero-order valence-electron chi connectivity index (χ0n) is 11.9. The summed E-state index contributed by atoms with van der Waals surface area (Å²) in [4.78, 5) is 8.77. The Morgan fingerprint density at radius 2 is 1.90 bits per heavy atom. The molecule has 1 aromatic carbocycles. The molecule has 0 aliphatic heterocycles. The Labute approximate surface area is 133 Å². The Bertz CT molecular complexity index is 662. The molecule has 0 aliphatic carbocycles. The van der Waals surface area contributed by atoms with E-state index >= 15 is 0 Å². The summed E-state index contributed by atoms with van der Waals surface area (Å²) in [6.45, 7) is 5.81. The van der Waals surface area contributed by atoms with Gasteiger partial charge in [0.2, 0.25) is 5.88 Å². The fourth-order valence-corrected chi connectivity index (χ4v) is 1.95. The van der Waals surface area contributed by atoms with Crippen LogP contribution >= 0.6 is 23.2 Å². The van der Waals surface area contributed by atoms with E-state index in [9.17, 15) is 0 Å². The maximum atomic E-state index is 5.98. The second-order valence-electron chi connectivity index (χ2n) is 4.84. The van der Waals surface area contributed by atoms with Crippen LogP contribution in [0.25, 0.3) is 0 Å². The summed E-state index contributed by atoms with van der Waals surface area (Å²) in [5.74, 6) is 7.79. The highest BCUT2D eigenvalue weighted by atomic mass is 35.5. The Kier molecular flexibility index (Phi) is 4.88. The summed E-state index contributed by atoms with van der Waals surface area (Å²) < 4.78 is 5.79. The van der Waals surface area contributed by atoms with Crippen LogP contribution in [0.15, 0.2) is 18.2 Å². The second kappa shape index (κ2) is 6.47. The van der Waals surface area contributed by atoms with Crippen molar-refractivity contribution >= 4 is 29.0 Å². The number of nitrogens with two attached hydrogens (primary N) is 1. The number of hydrogen-bond acceptors (Lipinski definition) is 5. The summed E-state index contributed by atoms with van der Waals surface area (Å²) in [6.07, 6.45) is 0. The van der Waals surface area contributed by atoms with E-state index < -0.39 is 0 Å². The number of hydrazine groups is 1. The molecule has 0 fully saturated rings. The quantitative estimate of drug-likeness (QED) is 0.647. The number of hydrogen-bond donors (Lipinski definition) is 2. The lowest BCUT2D eigenvalue weighted by atomic mass is 10.2. The molecule has 0 unspecified atom stereocenters. The van der Waals surface area contributed by atoms with Crippen LogP contribution in [0, 0.1) is 6.92 Å². The first-order chi connectivity index (χ1) is 9.92. The minimum absolute atomic E-state index is 0.147. The topological polar surface area (TPSA) is 73.1 Å². The highest BCUT2D eigenvalue weighted by Gasteiger charge is 2.14. The molecular formula is C14H16Cl2N4O. The van der Waals surface area contributed by atoms with Crippen molar-refractivity contribution in [3.05, 3.63) is 39.6 Å². The first-order valence-corrected chi connectivity index (χ1v) is 7.16. The first-order valence-electron chi connectivity index (χ1n) is 6.40. The average Bonchev–Trinajstić information content (AvgIpc) is 2.44. The van der Waals surface area contributed by atoms with Crippen LogP contribution in [0.3, 0.4) is 0 Å². The van der Waals surface area contributed by atoms with Crippen molar-refractivity contribution in [3.8, 4) is 11.6 Å². The molecule has 0 atom stereocenters. The van der Waals surface area contributed by atoms with Crippen LogP contribution in [-0.2, 0) is 0 Å². The molecule has 0 aliphatic rings. The third kappa shape index (κ3) is 3.56. The lowest BCUT2D eigenvalue weighted by molar-refractivity contribution is 0.453. The first kappa shape index (κ1) is 15.8. The molecule has 2 rings (SSSR count). The number of nitrogens with zero attached hydrogens (tertiary/aromatic N) is 2. The average molecular weight is 327 g/mol. The monoisotopic (exact) mass is 326 g/mol. The fourth-order valence-electron chi connectivity index (χ4n) is 1.66. The predicted molar refractivity (Wildman–Crippen MR) is 85.2 cm³/mol. The van der Waals surface area contributed by atoms with E-state index in [0.29, 0.717) is 38.9 Å². The van der Waals surface area contributed by atoms with E-state index in [4.69, 9.17) is 33.8 Å². The predicted octanol–water partition coefficient (Wildman–Crippen LogP) is 4.29. The fraction of sp³-hybridized carbons (Fsp3) is 0.286. The maximum Gasteiger partial charge on any atom is 0.227 e. The molecule has 5 nitrogen and oxygen atoms in total. The van der Waals surface area contributed by atoms with Gasteiger partial charge in [0.05, 0.1) is 15.6 Å². The number of ether oxygens (including phenoxy) is 1. The van der Waals surface area contributed by atoms with Gasteiger partial charge in [0.1, 0.15) is 11.6 Å². The SMILES string of the molecule is Cc1c(NN)nc(C(C)C)nc1Oc1ccc(Cl)c(Cl)c1. The molecule has 0 bridgehead atoms. The number of nitrogen functional groups attached to an aromatic ring is 1. The number of halogens is 2. The Hall–Kier alpha value is -1.56. The Morgan fingerprint density at radius 3 is 2.48 bits per heavy atom. The standard InChI is InChI=1S/C14H16Cl2N4O/c1-7(2)12-18-13(20-17)8(3)14(19-12)21-9-4-5-10(15)11(16)6-9/h4-7H,17H2,1-3H3,(H,18,19,20). The highest BCUT2D eigenvalue weighted by molar-refractivity contribution is 6.42. The van der Waals surface area contributed by atoms with Crippen molar-refractivity contribution in [1.82, 2.24) is 9.97 Å². The minimum Gasteiger partial charge on any atom is -0.438 e. The van der Waals surface area contributed by atoms with E-state index in [1.807, 2.05) is 20.8 Å². The van der Waals surface area contributed by atoms with Gasteiger partial charge in [-0.15, -0.1) is 0 Å². The van der Waals surface area contributed by atoms with Crippen LogP contribution < -0.4 is 16.0 Å².